The van der Waals surface area contributed by atoms with Crippen LogP contribution in [0.2, 0.25) is 0 Å². The minimum absolute atomic E-state index is 0.0432. The number of aromatic nitrogens is 4. The van der Waals surface area contributed by atoms with Crippen molar-refractivity contribution in [2.75, 3.05) is 31.6 Å². The summed E-state index contributed by atoms with van der Waals surface area (Å²) < 4.78 is 0. The molecule has 116 valence electrons. The predicted molar refractivity (Wildman–Crippen MR) is 82.0 cm³/mol. The number of amides is 1. The molecule has 0 aliphatic carbocycles. The van der Waals surface area contributed by atoms with Crippen molar-refractivity contribution in [3.05, 3.63) is 12.7 Å². The van der Waals surface area contributed by atoms with Crippen LogP contribution >= 0.6 is 0 Å². The average Bonchev–Trinajstić information content (AvgIpc) is 3.00. The summed E-state index contributed by atoms with van der Waals surface area (Å²) in [6, 6.07) is 2.15. The second-order valence-electron chi connectivity index (χ2n) is 5.12. The maximum Gasteiger partial charge on any atom is 0.242 e. The van der Waals surface area contributed by atoms with Gasteiger partial charge in [0, 0.05) is 20.1 Å². The molecule has 0 aliphatic heterocycles. The van der Waals surface area contributed by atoms with Crippen LogP contribution in [0.25, 0.3) is 11.2 Å². The lowest BCUT2D eigenvalue weighted by molar-refractivity contribution is -0.129. The zero-order chi connectivity index (χ0) is 16.1. The van der Waals surface area contributed by atoms with Crippen molar-refractivity contribution in [2.24, 2.45) is 5.92 Å². The molecular weight excluding hydrogens is 282 g/mol. The second-order valence-corrected chi connectivity index (χ2v) is 5.12. The number of rotatable bonds is 6. The number of likely N-dealkylation sites (N-methyl/N-ethyl adjacent to an activating group) is 2. The highest BCUT2D eigenvalue weighted by Crippen LogP contribution is 2.18. The van der Waals surface area contributed by atoms with Gasteiger partial charge in [0.15, 0.2) is 11.5 Å². The lowest BCUT2D eigenvalue weighted by Gasteiger charge is -2.25. The van der Waals surface area contributed by atoms with Crippen LogP contribution in [0.1, 0.15) is 13.8 Å². The summed E-state index contributed by atoms with van der Waals surface area (Å²) in [4.78, 5) is 31.1. The number of carbonyl (C=O) groups excluding carboxylic acids is 1. The molecule has 2 heterocycles. The van der Waals surface area contributed by atoms with Crippen LogP contribution in [-0.2, 0) is 4.79 Å². The molecule has 2 aromatic heterocycles. The molecular formula is C14H19N7O. The summed E-state index contributed by atoms with van der Waals surface area (Å²) in [5.74, 6) is 0.395. The number of anilines is 1. The van der Waals surface area contributed by atoms with Crippen molar-refractivity contribution < 1.29 is 4.79 Å². The second kappa shape index (κ2) is 6.85. The lowest BCUT2D eigenvalue weighted by Crippen LogP contribution is -2.41. The summed E-state index contributed by atoms with van der Waals surface area (Å²) in [5, 5.41) is 8.89. The average molecular weight is 301 g/mol. The molecule has 0 spiro atoms. The molecule has 0 bridgehead atoms. The SMILES string of the molecule is CCN(C[C@@H](C)C#N)C(=O)CN(C)c1ncnc2nc[nH]c12. The molecule has 1 N–H and O–H groups in total. The van der Waals surface area contributed by atoms with Gasteiger partial charge in [-0.2, -0.15) is 5.26 Å². The molecule has 0 saturated carbocycles. The van der Waals surface area contributed by atoms with Gasteiger partial charge >= 0.3 is 0 Å². The number of imidazole rings is 1. The van der Waals surface area contributed by atoms with Gasteiger partial charge in [0.2, 0.25) is 5.91 Å². The number of aromatic amines is 1. The van der Waals surface area contributed by atoms with Crippen molar-refractivity contribution in [3.63, 3.8) is 0 Å². The number of H-pyrrole nitrogens is 1. The first-order chi connectivity index (χ1) is 10.6. The van der Waals surface area contributed by atoms with Gasteiger partial charge in [-0.05, 0) is 13.8 Å². The Morgan fingerprint density at radius 3 is 2.91 bits per heavy atom. The molecule has 22 heavy (non-hydrogen) atoms. The molecule has 2 rings (SSSR count). The van der Waals surface area contributed by atoms with E-state index in [0.29, 0.717) is 30.1 Å². The number of nitrogens with zero attached hydrogens (tertiary/aromatic N) is 6. The van der Waals surface area contributed by atoms with Gasteiger partial charge in [-0.3, -0.25) is 4.79 Å². The summed E-state index contributed by atoms with van der Waals surface area (Å²) in [6.45, 7) is 4.89. The van der Waals surface area contributed by atoms with Gasteiger partial charge in [-0.15, -0.1) is 0 Å². The van der Waals surface area contributed by atoms with E-state index in [2.05, 4.69) is 26.0 Å². The summed E-state index contributed by atoms with van der Waals surface area (Å²) >= 11 is 0. The van der Waals surface area contributed by atoms with Crippen LogP contribution in [0.15, 0.2) is 12.7 Å². The topological polar surface area (TPSA) is 102 Å². The van der Waals surface area contributed by atoms with Crippen LogP contribution in [0, 0.1) is 17.2 Å². The van der Waals surface area contributed by atoms with E-state index in [1.54, 1.807) is 30.1 Å². The fraction of sp³-hybridized carbons (Fsp3) is 0.500. The van der Waals surface area contributed by atoms with Crippen LogP contribution in [0.5, 0.6) is 0 Å². The molecule has 0 saturated heterocycles. The molecule has 8 heteroatoms. The van der Waals surface area contributed by atoms with Crippen molar-refractivity contribution in [1.82, 2.24) is 24.8 Å². The molecule has 0 radical (unpaired) electrons. The Balaban J connectivity index is 2.10. The maximum atomic E-state index is 12.4. The smallest absolute Gasteiger partial charge is 0.242 e. The van der Waals surface area contributed by atoms with Crippen LogP contribution in [0.3, 0.4) is 0 Å². The number of fused-ring (bicyclic) bond motifs is 1. The molecule has 1 amide bonds. The summed E-state index contributed by atoms with van der Waals surface area (Å²) in [6.07, 6.45) is 2.97. The van der Waals surface area contributed by atoms with Gasteiger partial charge < -0.3 is 14.8 Å². The van der Waals surface area contributed by atoms with E-state index in [1.165, 1.54) is 6.33 Å². The fourth-order valence-electron chi connectivity index (χ4n) is 2.20. The first kappa shape index (κ1) is 15.7. The minimum Gasteiger partial charge on any atom is -0.348 e. The molecule has 1 atom stereocenters. The van der Waals surface area contributed by atoms with Crippen molar-refractivity contribution in [3.8, 4) is 6.07 Å². The maximum absolute atomic E-state index is 12.4. The van der Waals surface area contributed by atoms with Gasteiger partial charge in [0.1, 0.15) is 11.8 Å². The normalized spacial score (nSPS) is 11.9. The zero-order valence-electron chi connectivity index (χ0n) is 12.9. The number of hydrogen-bond acceptors (Lipinski definition) is 6. The van der Waals surface area contributed by atoms with Crippen LogP contribution in [0.4, 0.5) is 5.82 Å². The zero-order valence-corrected chi connectivity index (χ0v) is 12.9. The first-order valence-electron chi connectivity index (χ1n) is 7.09. The van der Waals surface area contributed by atoms with E-state index in [4.69, 9.17) is 5.26 Å². The van der Waals surface area contributed by atoms with Crippen molar-refractivity contribution >= 4 is 22.9 Å². The Morgan fingerprint density at radius 1 is 1.45 bits per heavy atom. The van der Waals surface area contributed by atoms with Gasteiger partial charge in [-0.25, -0.2) is 15.0 Å². The Hall–Kier alpha value is -2.69. The van der Waals surface area contributed by atoms with E-state index in [9.17, 15) is 4.79 Å². The van der Waals surface area contributed by atoms with E-state index >= 15 is 0 Å². The summed E-state index contributed by atoms with van der Waals surface area (Å²) in [5.41, 5.74) is 1.26. The van der Waals surface area contributed by atoms with Gasteiger partial charge in [0.05, 0.1) is 24.9 Å². The quantitative estimate of drug-likeness (QED) is 0.846. The Morgan fingerprint density at radius 2 is 2.23 bits per heavy atom. The highest BCUT2D eigenvalue weighted by atomic mass is 16.2. The molecule has 0 unspecified atom stereocenters. The Labute approximate surface area is 128 Å². The van der Waals surface area contributed by atoms with Gasteiger partial charge in [0.25, 0.3) is 0 Å². The largest absolute Gasteiger partial charge is 0.348 e. The van der Waals surface area contributed by atoms with E-state index in [1.807, 2.05) is 6.92 Å². The molecule has 8 nitrogen and oxygen atoms in total. The predicted octanol–water partition coefficient (Wildman–Crippen LogP) is 0.797. The van der Waals surface area contributed by atoms with Crippen LogP contribution < -0.4 is 4.90 Å². The Bertz CT molecular complexity index is 690. The lowest BCUT2D eigenvalue weighted by atomic mass is 10.2. The molecule has 0 fully saturated rings. The third-order valence-corrected chi connectivity index (χ3v) is 3.39. The van der Waals surface area contributed by atoms with Crippen LogP contribution in [-0.4, -0.2) is 57.4 Å². The monoisotopic (exact) mass is 301 g/mol. The number of nitrogens with one attached hydrogen (secondary N) is 1. The van der Waals surface area contributed by atoms with Crippen molar-refractivity contribution in [1.29, 1.82) is 5.26 Å². The Kier molecular flexibility index (Phi) is 4.88. The third-order valence-electron chi connectivity index (χ3n) is 3.39. The molecule has 0 aliphatic rings. The highest BCUT2D eigenvalue weighted by Gasteiger charge is 2.19. The van der Waals surface area contributed by atoms with E-state index < -0.39 is 0 Å². The molecule has 2 aromatic rings. The van der Waals surface area contributed by atoms with Gasteiger partial charge in [-0.1, -0.05) is 0 Å². The molecule has 0 aromatic carbocycles. The number of nitriles is 1. The first-order valence-corrected chi connectivity index (χ1v) is 7.09. The number of carbonyl (C=O) groups is 1. The highest BCUT2D eigenvalue weighted by molar-refractivity contribution is 5.87. The fourth-order valence-corrected chi connectivity index (χ4v) is 2.20. The van der Waals surface area contributed by atoms with E-state index in [0.717, 1.165) is 0 Å². The minimum atomic E-state index is -0.187. The van der Waals surface area contributed by atoms with Crippen molar-refractivity contribution in [2.45, 2.75) is 13.8 Å². The number of hydrogen-bond donors (Lipinski definition) is 1. The summed E-state index contributed by atoms with van der Waals surface area (Å²) in [7, 11) is 1.79. The third kappa shape index (κ3) is 3.31. The standard InChI is InChI=1S/C14H19N7O/c1-4-21(6-10(2)5-15)11(22)7-20(3)14-12-13(17-8-16-12)18-9-19-14/h8-10H,4,6-7H2,1-3H3,(H,16,17,18,19)/t10-/m0/s1. The van der Waals surface area contributed by atoms with E-state index in [-0.39, 0.29) is 18.4 Å².